The lowest BCUT2D eigenvalue weighted by atomic mass is 9.78. The molecule has 0 aromatic carbocycles. The normalized spacial score (nSPS) is 42.1. The number of aliphatic hydroxyl groups excluding tert-OH is 3. The number of allylic oxidation sites excluding steroid dienone is 6. The van der Waals surface area contributed by atoms with Crippen molar-refractivity contribution in [3.05, 3.63) is 47.6 Å². The smallest absolute Gasteiger partial charge is 0.323 e. The Kier molecular flexibility index (Phi) is 22.3. The van der Waals surface area contributed by atoms with Crippen LogP contribution in [0.3, 0.4) is 0 Å². The average molecular weight is 974 g/mol. The number of ether oxygens (including phenoxy) is 7. The van der Waals surface area contributed by atoms with Gasteiger partial charge in [-0.1, -0.05) is 77.5 Å². The van der Waals surface area contributed by atoms with Crippen molar-refractivity contribution in [1.82, 2.24) is 4.90 Å². The molecule has 0 aromatic rings. The van der Waals surface area contributed by atoms with Gasteiger partial charge >= 0.3 is 5.97 Å². The zero-order valence-electron chi connectivity index (χ0n) is 43.2. The monoisotopic (exact) mass is 974 g/mol. The van der Waals surface area contributed by atoms with Gasteiger partial charge in [0.25, 0.3) is 0 Å². The molecule has 5 aliphatic rings. The predicted octanol–water partition coefficient (Wildman–Crippen LogP) is 6.19. The molecule has 2 bridgehead atoms. The van der Waals surface area contributed by atoms with Crippen molar-refractivity contribution >= 4 is 17.5 Å². The lowest BCUT2D eigenvalue weighted by molar-refractivity contribution is -0.324. The van der Waals surface area contributed by atoms with Crippen LogP contribution in [0.25, 0.3) is 0 Å². The van der Waals surface area contributed by atoms with Gasteiger partial charge in [-0.25, -0.2) is 0 Å². The summed E-state index contributed by atoms with van der Waals surface area (Å²) in [5.74, 6) is -4.28. The molecule has 3 saturated heterocycles. The quantitative estimate of drug-likeness (QED) is 0.116. The number of cyclic esters (lactones) is 1. The van der Waals surface area contributed by atoms with Gasteiger partial charge in [0.15, 0.2) is 11.6 Å². The number of fused-ring (bicyclic) bond motifs is 5. The van der Waals surface area contributed by atoms with Crippen molar-refractivity contribution in [3.63, 3.8) is 0 Å². The highest BCUT2D eigenvalue weighted by atomic mass is 16.7. The van der Waals surface area contributed by atoms with Crippen molar-refractivity contribution in [2.75, 3.05) is 41.1 Å². The van der Waals surface area contributed by atoms with E-state index in [1.165, 1.54) is 7.11 Å². The van der Waals surface area contributed by atoms with Gasteiger partial charge in [-0.15, -0.1) is 0 Å². The number of carbonyl (C=O) groups excluding carboxylic acids is 3. The standard InChI is InChI=1S/C54H87NO14/c1-32-16-12-11-13-17-33(2)44(63-8)30-40-21-19-38(7)54(62,69-40)51(60)50-52(68-50)55-23-15-14-18-41(55)53(61)67-45(35(4)28-39-20-22-43(66-25-24-56)46(29-39)64-9)31-42(57)34(3)27-37(6)48(59)49(65-10)47(58)36(5)26-32/h11-13,16-17,27,32,34-36,38-41,43-46,48-52,56,59-60,62H,14-15,18-26,28-31H2,1-10H3/b13-11+,16-12+,33-17?,37-27+/t32-,34-,35-,36-,38-,39+,40+,41+,43-,44+,45+,46-,48-,49+,50?,51-,52?,54-/m1/s1. The van der Waals surface area contributed by atoms with Crippen LogP contribution in [-0.2, 0) is 47.5 Å². The number of rotatable bonds is 9. The van der Waals surface area contributed by atoms with Gasteiger partial charge in [-0.2, -0.15) is 0 Å². The summed E-state index contributed by atoms with van der Waals surface area (Å²) in [5, 5.41) is 44.9. The maximum atomic E-state index is 14.6. The van der Waals surface area contributed by atoms with E-state index in [1.807, 2.05) is 69.9 Å². The minimum Gasteiger partial charge on any atom is -0.460 e. The molecule has 0 radical (unpaired) electrons. The van der Waals surface area contributed by atoms with Crippen molar-refractivity contribution < 1.29 is 68.0 Å². The topological polar surface area (TPSA) is 203 Å². The molecule has 4 fully saturated rings. The summed E-state index contributed by atoms with van der Waals surface area (Å²) < 4.78 is 42.3. The third-order valence-electron chi connectivity index (χ3n) is 15.7. The molecule has 15 heteroatoms. The summed E-state index contributed by atoms with van der Waals surface area (Å²) >= 11 is 0. The van der Waals surface area contributed by atoms with E-state index in [0.717, 1.165) is 31.3 Å². The molecule has 0 amide bonds. The Balaban J connectivity index is 1.43. The highest BCUT2D eigenvalue weighted by molar-refractivity contribution is 5.86. The highest BCUT2D eigenvalue weighted by Crippen LogP contribution is 2.44. The Morgan fingerprint density at radius 3 is 2.32 bits per heavy atom. The van der Waals surface area contributed by atoms with Crippen LogP contribution in [-0.4, -0.2) is 157 Å². The van der Waals surface area contributed by atoms with E-state index in [2.05, 4.69) is 0 Å². The van der Waals surface area contributed by atoms with Crippen LogP contribution in [0.4, 0.5) is 0 Å². The molecule has 4 aliphatic heterocycles. The summed E-state index contributed by atoms with van der Waals surface area (Å²) in [6, 6.07) is -0.708. The highest BCUT2D eigenvalue weighted by Gasteiger charge is 2.60. The summed E-state index contributed by atoms with van der Waals surface area (Å²) in [6.07, 6.45) is 11.6. The Morgan fingerprint density at radius 2 is 1.62 bits per heavy atom. The number of Topliss-reactive ketones (excluding diaryl/α,β-unsaturated/α-hetero) is 2. The van der Waals surface area contributed by atoms with Gasteiger partial charge < -0.3 is 53.6 Å². The van der Waals surface area contributed by atoms with E-state index in [4.69, 9.17) is 33.2 Å². The number of hydrogen-bond donors (Lipinski definition) is 4. The van der Waals surface area contributed by atoms with E-state index in [0.29, 0.717) is 57.1 Å². The summed E-state index contributed by atoms with van der Waals surface area (Å²) in [6.45, 7) is 13.8. The number of nitrogens with zero attached hydrogens (tertiary/aromatic N) is 1. The van der Waals surface area contributed by atoms with E-state index >= 15 is 0 Å². The number of esters is 1. The van der Waals surface area contributed by atoms with Crippen LogP contribution >= 0.6 is 0 Å². The first-order valence-electron chi connectivity index (χ1n) is 25.8. The molecular formula is C54H87NO14. The number of aliphatic hydroxyl groups is 4. The third-order valence-corrected chi connectivity index (χ3v) is 15.7. The summed E-state index contributed by atoms with van der Waals surface area (Å²) in [5.41, 5.74) is 1.39. The number of piperidine rings is 1. The first kappa shape index (κ1) is 57.2. The summed E-state index contributed by atoms with van der Waals surface area (Å²) in [7, 11) is 4.71. The fraction of sp³-hybridized carbons (Fsp3) is 0.796. The number of hydrogen-bond acceptors (Lipinski definition) is 15. The Bertz CT molecular complexity index is 1780. The van der Waals surface area contributed by atoms with Crippen molar-refractivity contribution in [1.29, 1.82) is 0 Å². The zero-order valence-corrected chi connectivity index (χ0v) is 43.2. The molecule has 0 aromatic heterocycles. The second-order valence-corrected chi connectivity index (χ2v) is 21.1. The number of carbonyl (C=O) groups is 3. The predicted molar refractivity (Wildman–Crippen MR) is 261 cm³/mol. The van der Waals surface area contributed by atoms with Crippen LogP contribution in [0.2, 0.25) is 0 Å². The molecule has 15 nitrogen and oxygen atoms in total. The van der Waals surface area contributed by atoms with Crippen LogP contribution in [0, 0.1) is 35.5 Å². The minimum atomic E-state index is -1.90. The maximum absolute atomic E-state index is 14.6. The van der Waals surface area contributed by atoms with E-state index in [-0.39, 0.29) is 67.3 Å². The molecule has 1 saturated carbocycles. The number of methoxy groups -OCH3 is 3. The van der Waals surface area contributed by atoms with Gasteiger partial charge in [0, 0.05) is 58.5 Å². The van der Waals surface area contributed by atoms with E-state index in [1.54, 1.807) is 34.1 Å². The van der Waals surface area contributed by atoms with Crippen LogP contribution in [0.1, 0.15) is 126 Å². The molecule has 5 rings (SSSR count). The van der Waals surface area contributed by atoms with Gasteiger partial charge in [0.05, 0.1) is 37.6 Å². The van der Waals surface area contributed by atoms with Crippen molar-refractivity contribution in [3.8, 4) is 0 Å². The van der Waals surface area contributed by atoms with E-state index in [9.17, 15) is 34.8 Å². The van der Waals surface area contributed by atoms with Crippen LogP contribution < -0.4 is 0 Å². The molecule has 2 unspecified atom stereocenters. The fourth-order valence-electron chi connectivity index (χ4n) is 11.3. The molecule has 69 heavy (non-hydrogen) atoms. The lowest BCUT2D eigenvalue weighted by Gasteiger charge is -2.45. The molecule has 4 heterocycles. The number of epoxide rings is 1. The van der Waals surface area contributed by atoms with Crippen molar-refractivity contribution in [2.45, 2.75) is 199 Å². The van der Waals surface area contributed by atoms with Crippen LogP contribution in [0.5, 0.6) is 0 Å². The average Bonchev–Trinajstić information content (AvgIpc) is 4.13. The third kappa shape index (κ3) is 15.2. The largest absolute Gasteiger partial charge is 0.460 e. The SMILES string of the molecule is CO[C@H]1C[C@@H]2CC[C@@H](C)[C@@](O)(O2)[C@H](O)C2OC2N2CCCC[C@H]2C(=O)O[C@H]([C@H](C)C[C@@H]2CC[C@@H](OCCO)[C@H](OC)C2)CC(=O)[C@H](C)/C=C(\C)[C@@H](O)[C@@H](OC)C(=O)[C@H](C)C[C@H](C)/C=C/C=C/C=C1C. The molecule has 1 aliphatic carbocycles. The lowest BCUT2D eigenvalue weighted by Crippen LogP contribution is -2.58. The Hall–Kier alpha value is -2.67. The fourth-order valence-corrected chi connectivity index (χ4v) is 11.3. The van der Waals surface area contributed by atoms with Gasteiger partial charge in [0.2, 0.25) is 0 Å². The summed E-state index contributed by atoms with van der Waals surface area (Å²) in [4.78, 5) is 44.5. The first-order chi connectivity index (χ1) is 32.9. The second kappa shape index (κ2) is 26.9. The zero-order chi connectivity index (χ0) is 50.6. The van der Waals surface area contributed by atoms with E-state index < -0.39 is 78.4 Å². The minimum absolute atomic E-state index is 0.0406. The van der Waals surface area contributed by atoms with Gasteiger partial charge in [-0.05, 0) is 101 Å². The maximum Gasteiger partial charge on any atom is 0.323 e. The number of ketones is 2. The molecule has 18 atom stereocenters. The Morgan fingerprint density at radius 1 is 0.870 bits per heavy atom. The molecule has 4 N–H and O–H groups in total. The van der Waals surface area contributed by atoms with Crippen LogP contribution in [0.15, 0.2) is 47.6 Å². The van der Waals surface area contributed by atoms with Gasteiger partial charge in [-0.3, -0.25) is 19.3 Å². The Labute approximate surface area is 412 Å². The first-order valence-corrected chi connectivity index (χ1v) is 25.8. The van der Waals surface area contributed by atoms with Crippen molar-refractivity contribution in [2.24, 2.45) is 35.5 Å². The second-order valence-electron chi connectivity index (χ2n) is 21.1. The molecule has 0 spiro atoms. The molecule has 392 valence electrons. The molecular weight excluding hydrogens is 887 g/mol. The van der Waals surface area contributed by atoms with Gasteiger partial charge in [0.1, 0.15) is 48.6 Å².